The van der Waals surface area contributed by atoms with Gasteiger partial charge >= 0.3 is 0 Å². The zero-order valence-electron chi connectivity index (χ0n) is 8.70. The van der Waals surface area contributed by atoms with Gasteiger partial charge in [-0.3, -0.25) is 0 Å². The lowest BCUT2D eigenvalue weighted by Crippen LogP contribution is -2.02. The standard InChI is InChI=1S/C13H9Cl2IO/c14-10-6-3-5-9(12(10)15)13(17)8-4-1-2-7-11(8)16/h1-7,13,17H. The fraction of sp³-hybridized carbons (Fsp3) is 0.0769. The van der Waals surface area contributed by atoms with Crippen molar-refractivity contribution in [3.8, 4) is 0 Å². The molecule has 0 saturated carbocycles. The van der Waals surface area contributed by atoms with Gasteiger partial charge in [-0.05, 0) is 40.3 Å². The van der Waals surface area contributed by atoms with Crippen LogP contribution in [-0.4, -0.2) is 5.11 Å². The van der Waals surface area contributed by atoms with E-state index in [-0.39, 0.29) is 0 Å². The van der Waals surface area contributed by atoms with Gasteiger partial charge in [-0.1, -0.05) is 53.5 Å². The SMILES string of the molecule is OC(c1ccccc1I)c1cccc(Cl)c1Cl. The minimum absolute atomic E-state index is 0.404. The quantitative estimate of drug-likeness (QED) is 0.752. The van der Waals surface area contributed by atoms with Crippen molar-refractivity contribution < 1.29 is 5.11 Å². The van der Waals surface area contributed by atoms with E-state index in [0.717, 1.165) is 9.13 Å². The van der Waals surface area contributed by atoms with Crippen LogP contribution in [0.1, 0.15) is 17.2 Å². The molecule has 2 aromatic rings. The molecule has 1 N–H and O–H groups in total. The lowest BCUT2D eigenvalue weighted by atomic mass is 10.0. The molecule has 0 bridgehead atoms. The third-order valence-electron chi connectivity index (χ3n) is 2.48. The summed E-state index contributed by atoms with van der Waals surface area (Å²) in [5.74, 6) is 0. The van der Waals surface area contributed by atoms with E-state index in [1.165, 1.54) is 0 Å². The molecule has 0 aromatic heterocycles. The molecular formula is C13H9Cl2IO. The Balaban J connectivity index is 2.48. The summed E-state index contributed by atoms with van der Waals surface area (Å²) in [4.78, 5) is 0. The van der Waals surface area contributed by atoms with Crippen molar-refractivity contribution >= 4 is 45.8 Å². The predicted molar refractivity (Wildman–Crippen MR) is 79.7 cm³/mol. The van der Waals surface area contributed by atoms with Crippen LogP contribution in [0.25, 0.3) is 0 Å². The van der Waals surface area contributed by atoms with Crippen molar-refractivity contribution in [3.63, 3.8) is 0 Å². The molecule has 0 amide bonds. The molecule has 1 unspecified atom stereocenters. The molecule has 1 nitrogen and oxygen atoms in total. The summed E-state index contributed by atoms with van der Waals surface area (Å²) in [6, 6.07) is 12.9. The average molecular weight is 379 g/mol. The summed E-state index contributed by atoms with van der Waals surface area (Å²) in [6.45, 7) is 0. The third-order valence-corrected chi connectivity index (χ3v) is 4.29. The van der Waals surface area contributed by atoms with Gasteiger partial charge in [0.05, 0.1) is 10.0 Å². The smallest absolute Gasteiger partial charge is 0.107 e. The van der Waals surface area contributed by atoms with Crippen molar-refractivity contribution in [1.29, 1.82) is 0 Å². The summed E-state index contributed by atoms with van der Waals surface area (Å²) in [7, 11) is 0. The molecule has 0 radical (unpaired) electrons. The van der Waals surface area contributed by atoms with Gasteiger partial charge in [0.2, 0.25) is 0 Å². The van der Waals surface area contributed by atoms with Crippen LogP contribution >= 0.6 is 45.8 Å². The topological polar surface area (TPSA) is 20.2 Å². The molecule has 0 aliphatic carbocycles. The summed E-state index contributed by atoms with van der Waals surface area (Å²) >= 11 is 14.2. The zero-order chi connectivity index (χ0) is 12.4. The number of aliphatic hydroxyl groups excluding tert-OH is 1. The summed E-state index contributed by atoms with van der Waals surface area (Å²) in [6.07, 6.45) is -0.755. The van der Waals surface area contributed by atoms with Gasteiger partial charge in [0.15, 0.2) is 0 Å². The van der Waals surface area contributed by atoms with Crippen LogP contribution in [0.2, 0.25) is 10.0 Å². The maximum Gasteiger partial charge on any atom is 0.107 e. The largest absolute Gasteiger partial charge is 0.384 e. The minimum Gasteiger partial charge on any atom is -0.384 e. The normalized spacial score (nSPS) is 12.5. The van der Waals surface area contributed by atoms with Gasteiger partial charge < -0.3 is 5.11 Å². The Morgan fingerprint density at radius 2 is 1.59 bits per heavy atom. The van der Waals surface area contributed by atoms with Crippen molar-refractivity contribution in [3.05, 3.63) is 67.2 Å². The van der Waals surface area contributed by atoms with E-state index in [9.17, 15) is 5.11 Å². The lowest BCUT2D eigenvalue weighted by molar-refractivity contribution is 0.219. The van der Waals surface area contributed by atoms with Crippen LogP contribution in [0, 0.1) is 3.57 Å². The van der Waals surface area contributed by atoms with E-state index >= 15 is 0 Å². The number of hydrogen-bond acceptors (Lipinski definition) is 1. The van der Waals surface area contributed by atoms with Crippen molar-refractivity contribution in [2.24, 2.45) is 0 Å². The first kappa shape index (κ1) is 13.1. The first-order valence-electron chi connectivity index (χ1n) is 4.97. The Bertz CT molecular complexity index is 543. The molecule has 88 valence electrons. The Kier molecular flexibility index (Phi) is 4.31. The number of benzene rings is 2. The molecular weight excluding hydrogens is 370 g/mol. The summed E-state index contributed by atoms with van der Waals surface area (Å²) in [5, 5.41) is 11.2. The van der Waals surface area contributed by atoms with Crippen molar-refractivity contribution in [1.82, 2.24) is 0 Å². The van der Waals surface area contributed by atoms with Crippen LogP contribution in [0.4, 0.5) is 0 Å². The number of rotatable bonds is 2. The van der Waals surface area contributed by atoms with Gasteiger partial charge in [-0.25, -0.2) is 0 Å². The molecule has 0 aliphatic heterocycles. The maximum absolute atomic E-state index is 10.3. The second-order valence-electron chi connectivity index (χ2n) is 3.57. The Hall–Kier alpha value is -0.290. The van der Waals surface area contributed by atoms with E-state index in [2.05, 4.69) is 22.6 Å². The third kappa shape index (κ3) is 2.76. The van der Waals surface area contributed by atoms with Crippen LogP contribution in [-0.2, 0) is 0 Å². The Morgan fingerprint density at radius 3 is 2.29 bits per heavy atom. The molecule has 1 atom stereocenters. The molecule has 0 saturated heterocycles. The number of aliphatic hydroxyl groups is 1. The molecule has 2 rings (SSSR count). The number of halogens is 3. The molecule has 0 fully saturated rings. The van der Waals surface area contributed by atoms with Gasteiger partial charge in [-0.2, -0.15) is 0 Å². The molecule has 17 heavy (non-hydrogen) atoms. The van der Waals surface area contributed by atoms with E-state index in [1.54, 1.807) is 18.2 Å². The maximum atomic E-state index is 10.3. The van der Waals surface area contributed by atoms with E-state index < -0.39 is 6.10 Å². The van der Waals surface area contributed by atoms with Crippen LogP contribution in [0.15, 0.2) is 42.5 Å². The zero-order valence-corrected chi connectivity index (χ0v) is 12.4. The van der Waals surface area contributed by atoms with Crippen LogP contribution in [0.3, 0.4) is 0 Å². The fourth-order valence-corrected chi connectivity index (χ4v) is 2.69. The molecule has 0 heterocycles. The first-order valence-corrected chi connectivity index (χ1v) is 6.81. The number of hydrogen-bond donors (Lipinski definition) is 1. The summed E-state index contributed by atoms with van der Waals surface area (Å²) < 4.78 is 0.994. The molecule has 0 aliphatic rings. The highest BCUT2D eigenvalue weighted by Gasteiger charge is 2.17. The van der Waals surface area contributed by atoms with E-state index in [0.29, 0.717) is 15.6 Å². The van der Waals surface area contributed by atoms with Crippen molar-refractivity contribution in [2.75, 3.05) is 0 Å². The predicted octanol–water partition coefficient (Wildman–Crippen LogP) is 4.68. The van der Waals surface area contributed by atoms with E-state index in [1.807, 2.05) is 24.3 Å². The first-order chi connectivity index (χ1) is 8.11. The molecule has 2 aromatic carbocycles. The Labute approximate surface area is 124 Å². The van der Waals surface area contributed by atoms with Crippen molar-refractivity contribution in [2.45, 2.75) is 6.10 Å². The lowest BCUT2D eigenvalue weighted by Gasteiger charge is -2.15. The van der Waals surface area contributed by atoms with Gasteiger partial charge in [0, 0.05) is 9.13 Å². The van der Waals surface area contributed by atoms with Gasteiger partial charge in [0.1, 0.15) is 6.10 Å². The summed E-state index contributed by atoms with van der Waals surface area (Å²) in [5.41, 5.74) is 1.46. The highest BCUT2D eigenvalue weighted by atomic mass is 127. The fourth-order valence-electron chi connectivity index (χ4n) is 1.60. The second-order valence-corrected chi connectivity index (χ2v) is 5.51. The highest BCUT2D eigenvalue weighted by molar-refractivity contribution is 14.1. The second kappa shape index (κ2) is 5.57. The molecule has 4 heteroatoms. The highest BCUT2D eigenvalue weighted by Crippen LogP contribution is 2.34. The minimum atomic E-state index is -0.755. The van der Waals surface area contributed by atoms with Gasteiger partial charge in [0.25, 0.3) is 0 Å². The van der Waals surface area contributed by atoms with Crippen LogP contribution in [0.5, 0.6) is 0 Å². The molecule has 0 spiro atoms. The van der Waals surface area contributed by atoms with Crippen LogP contribution < -0.4 is 0 Å². The average Bonchev–Trinajstić information content (AvgIpc) is 2.32. The van der Waals surface area contributed by atoms with E-state index in [4.69, 9.17) is 23.2 Å². The Morgan fingerprint density at radius 1 is 0.941 bits per heavy atom. The monoisotopic (exact) mass is 378 g/mol. The van der Waals surface area contributed by atoms with Gasteiger partial charge in [-0.15, -0.1) is 0 Å².